The first-order chi connectivity index (χ1) is 13.5. The standard InChI is InChI=1S/C21H25N5O2/c1-14(2)20(22)21(28)24-12-19(27)23-11-15-7-9-16(10-8-15)26-13-25-17-5-3-4-6-18(17)26/h3-10,13-14,20H,11-12,22H2,1-2H3,(H,23,27)(H,24,28)/t20-/m0/s1. The van der Waals surface area contributed by atoms with Crippen LogP contribution in [0.15, 0.2) is 54.9 Å². The van der Waals surface area contributed by atoms with Crippen LogP contribution in [0.1, 0.15) is 19.4 Å². The molecule has 2 aromatic carbocycles. The Hall–Kier alpha value is -3.19. The van der Waals surface area contributed by atoms with Crippen molar-refractivity contribution in [1.82, 2.24) is 20.2 Å². The number of benzene rings is 2. The molecule has 7 nitrogen and oxygen atoms in total. The lowest BCUT2D eigenvalue weighted by Crippen LogP contribution is -2.47. The number of fused-ring (bicyclic) bond motifs is 1. The number of imidazole rings is 1. The van der Waals surface area contributed by atoms with E-state index in [4.69, 9.17) is 5.73 Å². The molecule has 0 aliphatic rings. The first-order valence-corrected chi connectivity index (χ1v) is 9.27. The molecular weight excluding hydrogens is 354 g/mol. The summed E-state index contributed by atoms with van der Waals surface area (Å²) in [5.74, 6) is -0.551. The number of hydrogen-bond acceptors (Lipinski definition) is 4. The van der Waals surface area contributed by atoms with Crippen molar-refractivity contribution in [3.63, 3.8) is 0 Å². The minimum absolute atomic E-state index is 0.0224. The molecule has 0 unspecified atom stereocenters. The predicted octanol–water partition coefficient (Wildman–Crippen LogP) is 1.74. The summed E-state index contributed by atoms with van der Waals surface area (Å²) >= 11 is 0. The summed E-state index contributed by atoms with van der Waals surface area (Å²) < 4.78 is 2.02. The third kappa shape index (κ3) is 4.55. The zero-order valence-electron chi connectivity index (χ0n) is 16.1. The Morgan fingerprint density at radius 1 is 1.07 bits per heavy atom. The number of carbonyl (C=O) groups is 2. The van der Waals surface area contributed by atoms with Gasteiger partial charge in [0.2, 0.25) is 11.8 Å². The van der Waals surface area contributed by atoms with E-state index in [0.29, 0.717) is 6.54 Å². The second-order valence-corrected chi connectivity index (χ2v) is 7.03. The Morgan fingerprint density at radius 2 is 1.79 bits per heavy atom. The summed E-state index contributed by atoms with van der Waals surface area (Å²) in [6, 6.07) is 15.2. The van der Waals surface area contributed by atoms with E-state index in [1.54, 1.807) is 6.33 Å². The molecule has 0 bridgehead atoms. The molecule has 1 aromatic heterocycles. The fourth-order valence-corrected chi connectivity index (χ4v) is 2.79. The van der Waals surface area contributed by atoms with Gasteiger partial charge in [-0.2, -0.15) is 0 Å². The minimum Gasteiger partial charge on any atom is -0.350 e. The summed E-state index contributed by atoms with van der Waals surface area (Å²) in [6.07, 6.45) is 1.80. The molecule has 0 spiro atoms. The maximum Gasteiger partial charge on any atom is 0.239 e. The zero-order chi connectivity index (χ0) is 20.1. The largest absolute Gasteiger partial charge is 0.350 e. The SMILES string of the molecule is CC(C)[C@H](N)C(=O)NCC(=O)NCc1ccc(-n2cnc3ccccc32)cc1. The zero-order valence-corrected chi connectivity index (χ0v) is 16.1. The number of nitrogens with one attached hydrogen (secondary N) is 2. The lowest BCUT2D eigenvalue weighted by Gasteiger charge is -2.15. The van der Waals surface area contributed by atoms with Crippen molar-refractivity contribution >= 4 is 22.8 Å². The van der Waals surface area contributed by atoms with E-state index in [-0.39, 0.29) is 24.3 Å². The van der Waals surface area contributed by atoms with Crippen molar-refractivity contribution < 1.29 is 9.59 Å². The highest BCUT2D eigenvalue weighted by molar-refractivity contribution is 5.87. The van der Waals surface area contributed by atoms with Gasteiger partial charge in [-0.05, 0) is 35.7 Å². The van der Waals surface area contributed by atoms with Gasteiger partial charge in [0.15, 0.2) is 0 Å². The van der Waals surface area contributed by atoms with Crippen molar-refractivity contribution in [1.29, 1.82) is 0 Å². The van der Waals surface area contributed by atoms with Gasteiger partial charge >= 0.3 is 0 Å². The topological polar surface area (TPSA) is 102 Å². The monoisotopic (exact) mass is 379 g/mol. The molecular formula is C21H25N5O2. The maximum absolute atomic E-state index is 11.9. The molecule has 4 N–H and O–H groups in total. The highest BCUT2D eigenvalue weighted by Crippen LogP contribution is 2.18. The molecule has 0 saturated carbocycles. The van der Waals surface area contributed by atoms with Crippen LogP contribution in [-0.2, 0) is 16.1 Å². The lowest BCUT2D eigenvalue weighted by atomic mass is 10.1. The molecule has 0 aliphatic heterocycles. The molecule has 0 saturated heterocycles. The van der Waals surface area contributed by atoms with Gasteiger partial charge in [0.1, 0.15) is 6.33 Å². The van der Waals surface area contributed by atoms with Crippen LogP contribution in [0.3, 0.4) is 0 Å². The van der Waals surface area contributed by atoms with Crippen LogP contribution in [0.2, 0.25) is 0 Å². The number of hydrogen-bond donors (Lipinski definition) is 3. The number of amides is 2. The number of carbonyl (C=O) groups excluding carboxylic acids is 2. The van der Waals surface area contributed by atoms with E-state index < -0.39 is 6.04 Å². The van der Waals surface area contributed by atoms with Crippen LogP contribution in [0.25, 0.3) is 16.7 Å². The molecule has 28 heavy (non-hydrogen) atoms. The average Bonchev–Trinajstić information content (AvgIpc) is 3.14. The van der Waals surface area contributed by atoms with Crippen LogP contribution in [0.4, 0.5) is 0 Å². The molecule has 7 heteroatoms. The third-order valence-corrected chi connectivity index (χ3v) is 4.60. The summed E-state index contributed by atoms with van der Waals surface area (Å²) in [4.78, 5) is 28.1. The summed E-state index contributed by atoms with van der Waals surface area (Å²) in [5.41, 5.74) is 9.70. The number of nitrogens with two attached hydrogens (primary N) is 1. The van der Waals surface area contributed by atoms with Gasteiger partial charge in [-0.3, -0.25) is 14.2 Å². The average molecular weight is 379 g/mol. The van der Waals surface area contributed by atoms with Crippen LogP contribution in [-0.4, -0.2) is 34.0 Å². The number of aromatic nitrogens is 2. The normalized spacial score (nSPS) is 12.1. The van der Waals surface area contributed by atoms with Crippen LogP contribution in [0, 0.1) is 5.92 Å². The molecule has 3 aromatic rings. The number of rotatable bonds is 7. The summed E-state index contributed by atoms with van der Waals surface area (Å²) in [5, 5.41) is 5.35. The molecule has 1 heterocycles. The van der Waals surface area contributed by atoms with Gasteiger partial charge in [0.25, 0.3) is 0 Å². The van der Waals surface area contributed by atoms with Gasteiger partial charge in [0.05, 0.1) is 23.6 Å². The quantitative estimate of drug-likeness (QED) is 0.582. The lowest BCUT2D eigenvalue weighted by molar-refractivity contribution is -0.127. The fourth-order valence-electron chi connectivity index (χ4n) is 2.79. The van der Waals surface area contributed by atoms with E-state index in [0.717, 1.165) is 22.3 Å². The predicted molar refractivity (Wildman–Crippen MR) is 109 cm³/mol. The molecule has 2 amide bonds. The molecule has 1 atom stereocenters. The van der Waals surface area contributed by atoms with Gasteiger partial charge < -0.3 is 16.4 Å². The smallest absolute Gasteiger partial charge is 0.239 e. The highest BCUT2D eigenvalue weighted by atomic mass is 16.2. The van der Waals surface area contributed by atoms with Gasteiger partial charge in [-0.1, -0.05) is 38.1 Å². The van der Waals surface area contributed by atoms with E-state index in [2.05, 4.69) is 15.6 Å². The first-order valence-electron chi connectivity index (χ1n) is 9.27. The van der Waals surface area contributed by atoms with Gasteiger partial charge in [-0.15, -0.1) is 0 Å². The highest BCUT2D eigenvalue weighted by Gasteiger charge is 2.17. The van der Waals surface area contributed by atoms with Crippen LogP contribution < -0.4 is 16.4 Å². The molecule has 0 aliphatic carbocycles. The Morgan fingerprint density at radius 3 is 2.50 bits per heavy atom. The minimum atomic E-state index is -0.611. The van der Waals surface area contributed by atoms with Crippen molar-refractivity contribution in [2.75, 3.05) is 6.54 Å². The maximum atomic E-state index is 11.9. The first kappa shape index (κ1) is 19.6. The van der Waals surface area contributed by atoms with Gasteiger partial charge in [-0.25, -0.2) is 4.98 Å². The molecule has 146 valence electrons. The second kappa shape index (κ2) is 8.67. The molecule has 3 rings (SSSR count). The van der Waals surface area contributed by atoms with E-state index >= 15 is 0 Å². The van der Waals surface area contributed by atoms with Crippen molar-refractivity contribution in [2.24, 2.45) is 11.7 Å². The Bertz CT molecular complexity index is 962. The second-order valence-electron chi connectivity index (χ2n) is 7.03. The van der Waals surface area contributed by atoms with Crippen molar-refractivity contribution in [3.8, 4) is 5.69 Å². The Balaban J connectivity index is 1.53. The van der Waals surface area contributed by atoms with E-state index in [9.17, 15) is 9.59 Å². The fraction of sp³-hybridized carbons (Fsp3) is 0.286. The number of nitrogens with zero attached hydrogens (tertiary/aromatic N) is 2. The third-order valence-electron chi connectivity index (χ3n) is 4.60. The summed E-state index contributed by atoms with van der Waals surface area (Å²) in [6.45, 7) is 4.02. The van der Waals surface area contributed by atoms with Crippen molar-refractivity contribution in [3.05, 3.63) is 60.4 Å². The Kier molecular flexibility index (Phi) is 6.06. The summed E-state index contributed by atoms with van der Waals surface area (Å²) in [7, 11) is 0. The number of para-hydroxylation sites is 2. The molecule has 0 fully saturated rings. The van der Waals surface area contributed by atoms with Crippen LogP contribution >= 0.6 is 0 Å². The van der Waals surface area contributed by atoms with E-state index in [1.165, 1.54) is 0 Å². The van der Waals surface area contributed by atoms with Crippen LogP contribution in [0.5, 0.6) is 0 Å². The van der Waals surface area contributed by atoms with Crippen molar-refractivity contribution in [2.45, 2.75) is 26.4 Å². The van der Waals surface area contributed by atoms with E-state index in [1.807, 2.05) is 66.9 Å². The molecule has 0 radical (unpaired) electrons. The van der Waals surface area contributed by atoms with Gasteiger partial charge in [0, 0.05) is 12.2 Å². The Labute approximate surface area is 163 Å².